The number of Topliss-reactive ketones (excluding diaryl/α,β-unsaturated/α-hetero) is 1. The molecular weight excluding hydrogens is 337 g/mol. The third kappa shape index (κ3) is 3.54. The number of nitro benzene ring substituents is 1. The summed E-state index contributed by atoms with van der Waals surface area (Å²) < 4.78 is 13.0. The van der Waals surface area contributed by atoms with Crippen LogP contribution < -0.4 is 4.90 Å². The summed E-state index contributed by atoms with van der Waals surface area (Å²) in [5.41, 5.74) is 1.06. The Bertz CT molecular complexity index is 882. The molecule has 0 radical (unpaired) electrons. The predicted octanol–water partition coefficient (Wildman–Crippen LogP) is 3.70. The summed E-state index contributed by atoms with van der Waals surface area (Å²) >= 11 is 0. The van der Waals surface area contributed by atoms with Crippen molar-refractivity contribution < 1.29 is 14.1 Å². The number of benzene rings is 2. The molecule has 0 atom stereocenters. The van der Waals surface area contributed by atoms with Gasteiger partial charge in [0.1, 0.15) is 17.4 Å². The number of ketones is 1. The highest BCUT2D eigenvalue weighted by atomic mass is 19.1. The fraction of sp³-hybridized carbons (Fsp3) is 0.263. The molecule has 2 aromatic rings. The van der Waals surface area contributed by atoms with Gasteiger partial charge in [-0.25, -0.2) is 4.39 Å². The van der Waals surface area contributed by atoms with Crippen LogP contribution in [-0.2, 0) is 0 Å². The molecule has 1 aliphatic heterocycles. The van der Waals surface area contributed by atoms with Crippen molar-refractivity contribution >= 4 is 17.2 Å². The van der Waals surface area contributed by atoms with Crippen molar-refractivity contribution in [1.29, 1.82) is 5.26 Å². The Hall–Kier alpha value is -3.27. The quantitative estimate of drug-likeness (QED) is 0.475. The van der Waals surface area contributed by atoms with Crippen LogP contribution in [0.4, 0.5) is 15.8 Å². The summed E-state index contributed by atoms with van der Waals surface area (Å²) in [6.07, 6.45) is 1.27. The van der Waals surface area contributed by atoms with E-state index < -0.39 is 4.92 Å². The molecule has 132 valence electrons. The minimum Gasteiger partial charge on any atom is -0.371 e. The Kier molecular flexibility index (Phi) is 4.94. The van der Waals surface area contributed by atoms with Gasteiger partial charge in [-0.2, -0.15) is 5.26 Å². The summed E-state index contributed by atoms with van der Waals surface area (Å²) in [5.74, 6) is -0.501. The number of carbonyl (C=O) groups excluding carboxylic acids is 1. The molecule has 0 spiro atoms. The number of halogens is 1. The molecule has 0 unspecified atom stereocenters. The summed E-state index contributed by atoms with van der Waals surface area (Å²) in [7, 11) is 0. The maximum atomic E-state index is 13.0. The van der Waals surface area contributed by atoms with Crippen molar-refractivity contribution in [3.8, 4) is 6.07 Å². The van der Waals surface area contributed by atoms with Gasteiger partial charge in [0.15, 0.2) is 5.78 Å². The Morgan fingerprint density at radius 1 is 1.19 bits per heavy atom. The highest BCUT2D eigenvalue weighted by molar-refractivity contribution is 5.98. The molecule has 7 heteroatoms. The van der Waals surface area contributed by atoms with Crippen molar-refractivity contribution in [2.24, 2.45) is 5.92 Å². The van der Waals surface area contributed by atoms with Gasteiger partial charge in [-0.3, -0.25) is 14.9 Å². The molecule has 1 fully saturated rings. The first-order valence-corrected chi connectivity index (χ1v) is 8.23. The van der Waals surface area contributed by atoms with Gasteiger partial charge >= 0.3 is 0 Å². The molecule has 0 N–H and O–H groups in total. The van der Waals surface area contributed by atoms with Crippen LogP contribution in [0.3, 0.4) is 0 Å². The van der Waals surface area contributed by atoms with Crippen LogP contribution in [0.2, 0.25) is 0 Å². The van der Waals surface area contributed by atoms with Crippen LogP contribution in [0.25, 0.3) is 0 Å². The molecular formula is C19H16FN3O3. The number of nitrogens with zero attached hydrogens (tertiary/aromatic N) is 3. The molecule has 0 amide bonds. The monoisotopic (exact) mass is 353 g/mol. The van der Waals surface area contributed by atoms with E-state index in [4.69, 9.17) is 5.26 Å². The van der Waals surface area contributed by atoms with Crippen LogP contribution in [0, 0.1) is 33.2 Å². The van der Waals surface area contributed by atoms with E-state index in [2.05, 4.69) is 0 Å². The maximum absolute atomic E-state index is 13.0. The summed E-state index contributed by atoms with van der Waals surface area (Å²) in [4.78, 5) is 24.9. The average Bonchev–Trinajstić information content (AvgIpc) is 2.67. The maximum Gasteiger partial charge on any atom is 0.287 e. The zero-order valence-electron chi connectivity index (χ0n) is 13.9. The van der Waals surface area contributed by atoms with Gasteiger partial charge in [0.25, 0.3) is 5.69 Å². The van der Waals surface area contributed by atoms with Crippen LogP contribution in [0.1, 0.15) is 28.8 Å². The first-order valence-electron chi connectivity index (χ1n) is 8.23. The molecule has 1 saturated heterocycles. The molecule has 0 saturated carbocycles. The third-order valence-electron chi connectivity index (χ3n) is 4.66. The van der Waals surface area contributed by atoms with Crippen LogP contribution in [0.15, 0.2) is 42.5 Å². The van der Waals surface area contributed by atoms with E-state index in [9.17, 15) is 19.3 Å². The first-order chi connectivity index (χ1) is 12.5. The van der Waals surface area contributed by atoms with Gasteiger partial charge in [0.2, 0.25) is 0 Å². The smallest absolute Gasteiger partial charge is 0.287 e. The lowest BCUT2D eigenvalue weighted by Crippen LogP contribution is -2.36. The van der Waals surface area contributed by atoms with Crippen molar-refractivity contribution in [3.63, 3.8) is 0 Å². The standard InChI is InChI=1S/C19H16FN3O3/c20-16-3-1-13(2-4-16)19(24)14-7-9-22(10-8-14)17-5-6-18(23(25)26)15(11-17)12-21/h1-6,11,14H,7-10H2. The van der Waals surface area contributed by atoms with Crippen molar-refractivity contribution in [2.45, 2.75) is 12.8 Å². The minimum atomic E-state index is -0.573. The number of carbonyl (C=O) groups is 1. The molecule has 0 aromatic heterocycles. The number of hydrogen-bond donors (Lipinski definition) is 0. The molecule has 1 aliphatic rings. The van der Waals surface area contributed by atoms with E-state index in [1.54, 1.807) is 6.07 Å². The Labute approximate surface area is 149 Å². The van der Waals surface area contributed by atoms with Gasteiger partial charge in [0.05, 0.1) is 4.92 Å². The van der Waals surface area contributed by atoms with Gasteiger partial charge in [-0.05, 0) is 49.2 Å². The molecule has 2 aromatic carbocycles. The Morgan fingerprint density at radius 3 is 2.42 bits per heavy atom. The second-order valence-electron chi connectivity index (χ2n) is 6.20. The van der Waals surface area contributed by atoms with Crippen LogP contribution in [-0.4, -0.2) is 23.8 Å². The average molecular weight is 353 g/mol. The largest absolute Gasteiger partial charge is 0.371 e. The van der Waals surface area contributed by atoms with E-state index in [1.165, 1.54) is 36.4 Å². The van der Waals surface area contributed by atoms with Gasteiger partial charge in [-0.15, -0.1) is 0 Å². The van der Waals surface area contributed by atoms with E-state index in [0.29, 0.717) is 31.5 Å². The predicted molar refractivity (Wildman–Crippen MR) is 93.5 cm³/mol. The molecule has 0 aliphatic carbocycles. The fourth-order valence-corrected chi connectivity index (χ4v) is 3.22. The lowest BCUT2D eigenvalue weighted by Gasteiger charge is -2.33. The minimum absolute atomic E-state index is 0.00561. The Balaban J connectivity index is 1.69. The van der Waals surface area contributed by atoms with Gasteiger partial charge in [0, 0.05) is 36.3 Å². The summed E-state index contributed by atoms with van der Waals surface area (Å²) in [6, 6.07) is 11.9. The second-order valence-corrected chi connectivity index (χ2v) is 6.20. The number of nitriles is 1. The number of nitro groups is 1. The third-order valence-corrected chi connectivity index (χ3v) is 4.66. The number of rotatable bonds is 4. The van der Waals surface area contributed by atoms with E-state index in [1.807, 2.05) is 11.0 Å². The van der Waals surface area contributed by atoms with Crippen molar-refractivity contribution in [1.82, 2.24) is 0 Å². The van der Waals surface area contributed by atoms with Crippen molar-refractivity contribution in [3.05, 3.63) is 69.5 Å². The molecule has 26 heavy (non-hydrogen) atoms. The highest BCUT2D eigenvalue weighted by Crippen LogP contribution is 2.29. The summed E-state index contributed by atoms with van der Waals surface area (Å²) in [6.45, 7) is 1.22. The molecule has 1 heterocycles. The van der Waals surface area contributed by atoms with E-state index in [-0.39, 0.29) is 28.8 Å². The van der Waals surface area contributed by atoms with E-state index in [0.717, 1.165) is 5.69 Å². The van der Waals surface area contributed by atoms with Gasteiger partial charge in [-0.1, -0.05) is 0 Å². The Morgan fingerprint density at radius 2 is 1.85 bits per heavy atom. The lowest BCUT2D eigenvalue weighted by atomic mass is 9.88. The van der Waals surface area contributed by atoms with Crippen molar-refractivity contribution in [2.75, 3.05) is 18.0 Å². The SMILES string of the molecule is N#Cc1cc(N2CCC(C(=O)c3ccc(F)cc3)CC2)ccc1[N+](=O)[O-]. The molecule has 6 nitrogen and oxygen atoms in total. The highest BCUT2D eigenvalue weighted by Gasteiger charge is 2.26. The van der Waals surface area contributed by atoms with Crippen LogP contribution in [0.5, 0.6) is 0 Å². The molecule has 3 rings (SSSR count). The first kappa shape index (κ1) is 17.5. The van der Waals surface area contributed by atoms with E-state index >= 15 is 0 Å². The zero-order valence-corrected chi connectivity index (χ0v) is 13.9. The topological polar surface area (TPSA) is 87.2 Å². The normalized spacial score (nSPS) is 14.7. The number of hydrogen-bond acceptors (Lipinski definition) is 5. The number of anilines is 1. The zero-order chi connectivity index (χ0) is 18.7. The second kappa shape index (κ2) is 7.31. The molecule has 0 bridgehead atoms. The lowest BCUT2D eigenvalue weighted by molar-refractivity contribution is -0.385. The summed E-state index contributed by atoms with van der Waals surface area (Å²) in [5, 5.41) is 20.0. The fourth-order valence-electron chi connectivity index (χ4n) is 3.22. The van der Waals surface area contributed by atoms with Crippen LogP contribution >= 0.6 is 0 Å². The van der Waals surface area contributed by atoms with Gasteiger partial charge < -0.3 is 4.90 Å². The number of piperidine rings is 1.